The van der Waals surface area contributed by atoms with Gasteiger partial charge in [-0.15, -0.1) is 0 Å². The van der Waals surface area contributed by atoms with Gasteiger partial charge in [-0.1, -0.05) is 90.4 Å². The van der Waals surface area contributed by atoms with Gasteiger partial charge in [-0.05, 0) is 18.0 Å². The molecule has 0 aliphatic carbocycles. The maximum absolute atomic E-state index is 11.8. The topological polar surface area (TPSA) is 54.4 Å². The summed E-state index contributed by atoms with van der Waals surface area (Å²) in [5, 5.41) is -0.523. The summed E-state index contributed by atoms with van der Waals surface area (Å²) in [6.45, 7) is 2.26. The van der Waals surface area contributed by atoms with Crippen LogP contribution in [-0.2, 0) is 9.36 Å². The molecule has 0 aliphatic rings. The van der Waals surface area contributed by atoms with Crippen LogP contribution in [0.3, 0.4) is 0 Å². The minimum atomic E-state index is -3.14. The summed E-state index contributed by atoms with van der Waals surface area (Å²) in [5.41, 5.74) is 0. The van der Waals surface area contributed by atoms with E-state index in [0.29, 0.717) is 6.16 Å². The van der Waals surface area contributed by atoms with Crippen LogP contribution in [0.25, 0.3) is 0 Å². The average Bonchev–Trinajstić information content (AvgIpc) is 2.53. The Morgan fingerprint density at radius 2 is 1.12 bits per heavy atom. The summed E-state index contributed by atoms with van der Waals surface area (Å²) in [6.07, 6.45) is 18.2. The third-order valence-electron chi connectivity index (χ3n) is 4.52. The molecule has 0 aromatic heterocycles. The average molecular weight is 381 g/mol. The maximum atomic E-state index is 11.8. The van der Waals surface area contributed by atoms with E-state index in [1.54, 1.807) is 0 Å². The fourth-order valence-corrected chi connectivity index (χ4v) is 4.65. The number of rotatable bonds is 18. The summed E-state index contributed by atoms with van der Waals surface area (Å²) < 4.78 is 11.8. The van der Waals surface area contributed by atoms with E-state index in [-0.39, 0.29) is 12.6 Å². The molecule has 0 bridgehead atoms. The van der Waals surface area contributed by atoms with Gasteiger partial charge >= 0.3 is 0 Å². The Bertz CT molecular complexity index is 348. The first-order valence-corrected chi connectivity index (χ1v) is 12.4. The zero-order chi connectivity index (χ0) is 18.1. The highest BCUT2D eigenvalue weighted by Crippen LogP contribution is 2.42. The zero-order valence-corrected chi connectivity index (χ0v) is 17.3. The molecule has 5 heteroatoms. The normalized spacial score (nSPS) is 13.8. The van der Waals surface area contributed by atoms with Crippen LogP contribution in [0.15, 0.2) is 0 Å². The first kappa shape index (κ1) is 24.1. The van der Waals surface area contributed by atoms with Crippen LogP contribution < -0.4 is 0 Å². The Balaban J connectivity index is 3.25. The molecule has 0 aromatic carbocycles. The lowest BCUT2D eigenvalue weighted by Crippen LogP contribution is -1.98. The smallest absolute Gasteiger partial charge is 0.222 e. The summed E-state index contributed by atoms with van der Waals surface area (Å²) in [4.78, 5) is 20.3. The quantitative estimate of drug-likeness (QED) is 0.160. The molecule has 0 rings (SSSR count). The Kier molecular flexibility index (Phi) is 16.7. The van der Waals surface area contributed by atoms with Crippen molar-refractivity contribution in [1.82, 2.24) is 0 Å². The number of carbonyl (C=O) groups excluding carboxylic acids is 1. The van der Waals surface area contributed by atoms with Crippen molar-refractivity contribution < 1.29 is 14.3 Å². The third-order valence-corrected chi connectivity index (χ3v) is 6.65. The van der Waals surface area contributed by atoms with Crippen LogP contribution in [0.5, 0.6) is 0 Å². The first-order chi connectivity index (χ1) is 11.5. The molecule has 0 spiro atoms. The van der Waals surface area contributed by atoms with Crippen molar-refractivity contribution >= 4 is 24.2 Å². The fraction of sp³-hybridized carbons (Fsp3) is 0.947. The van der Waals surface area contributed by atoms with Crippen molar-refractivity contribution in [1.29, 1.82) is 0 Å². The second kappa shape index (κ2) is 16.6. The second-order valence-electron chi connectivity index (χ2n) is 6.99. The lowest BCUT2D eigenvalue weighted by Gasteiger charge is -2.09. The van der Waals surface area contributed by atoms with Crippen LogP contribution in [0, 0.1) is 0 Å². The Hall–Kier alpha value is 0.150. The molecule has 0 heterocycles. The minimum Gasteiger partial charge on any atom is -0.344 e. The molecule has 1 unspecified atom stereocenters. The van der Waals surface area contributed by atoms with Crippen LogP contribution in [-0.4, -0.2) is 22.5 Å². The summed E-state index contributed by atoms with van der Waals surface area (Å²) >= 11 is 5.20. The minimum absolute atomic E-state index is 0.00787. The molecule has 0 saturated carbocycles. The second-order valence-corrected chi connectivity index (χ2v) is 10.0. The Morgan fingerprint density at radius 1 is 0.750 bits per heavy atom. The van der Waals surface area contributed by atoms with Crippen LogP contribution in [0.2, 0.25) is 0 Å². The van der Waals surface area contributed by atoms with E-state index in [1.165, 1.54) is 70.6 Å². The maximum Gasteiger partial charge on any atom is 0.222 e. The molecule has 0 aromatic rings. The first-order valence-electron chi connectivity index (χ1n) is 9.97. The largest absolute Gasteiger partial charge is 0.344 e. The zero-order valence-electron chi connectivity index (χ0n) is 15.6. The van der Waals surface area contributed by atoms with E-state index in [4.69, 9.17) is 11.6 Å². The molecule has 3 nitrogen and oxygen atoms in total. The molecule has 0 saturated heterocycles. The number of unbranched alkanes of at least 4 members (excludes halogenated alkanes) is 13. The SMILES string of the molecule is CCCCCCCCCCCCCCCCP(=O)(O)CCC(=O)Cl. The van der Waals surface area contributed by atoms with E-state index in [1.807, 2.05) is 0 Å². The standard InChI is InChI=1S/C19H38ClO3P/c1-2-3-4-5-6-7-8-9-10-11-12-13-14-15-17-24(22,23)18-16-19(20)21/h2-18H2,1H3,(H,22,23). The summed E-state index contributed by atoms with van der Waals surface area (Å²) in [6, 6.07) is 0. The molecule has 0 fully saturated rings. The van der Waals surface area contributed by atoms with E-state index >= 15 is 0 Å². The highest BCUT2D eigenvalue weighted by molar-refractivity contribution is 7.58. The van der Waals surface area contributed by atoms with Gasteiger partial charge in [-0.25, -0.2) is 0 Å². The summed E-state index contributed by atoms with van der Waals surface area (Å²) in [7, 11) is -3.14. The van der Waals surface area contributed by atoms with E-state index in [0.717, 1.165) is 19.3 Å². The van der Waals surface area contributed by atoms with E-state index in [9.17, 15) is 14.3 Å². The van der Waals surface area contributed by atoms with Gasteiger partial charge < -0.3 is 4.89 Å². The van der Waals surface area contributed by atoms with E-state index in [2.05, 4.69) is 6.92 Å². The van der Waals surface area contributed by atoms with Gasteiger partial charge in [0.1, 0.15) is 0 Å². The Morgan fingerprint density at radius 3 is 1.50 bits per heavy atom. The summed E-state index contributed by atoms with van der Waals surface area (Å²) in [5.74, 6) is 0. The molecule has 0 amide bonds. The molecule has 24 heavy (non-hydrogen) atoms. The van der Waals surface area contributed by atoms with Crippen molar-refractivity contribution in [2.24, 2.45) is 0 Å². The van der Waals surface area contributed by atoms with Crippen molar-refractivity contribution in [3.05, 3.63) is 0 Å². The van der Waals surface area contributed by atoms with Crippen LogP contribution >= 0.6 is 19.0 Å². The van der Waals surface area contributed by atoms with Gasteiger partial charge in [-0.3, -0.25) is 9.36 Å². The molecule has 0 aliphatic heterocycles. The molecule has 1 atom stereocenters. The fourth-order valence-electron chi connectivity index (χ4n) is 2.93. The molecule has 144 valence electrons. The van der Waals surface area contributed by atoms with Gasteiger partial charge in [0.2, 0.25) is 12.6 Å². The molecule has 0 radical (unpaired) electrons. The van der Waals surface area contributed by atoms with Crippen molar-refractivity contribution in [3.8, 4) is 0 Å². The highest BCUT2D eigenvalue weighted by Gasteiger charge is 2.18. The van der Waals surface area contributed by atoms with Crippen molar-refractivity contribution in [3.63, 3.8) is 0 Å². The van der Waals surface area contributed by atoms with Gasteiger partial charge in [0.15, 0.2) is 0 Å². The number of hydrogen-bond donors (Lipinski definition) is 1. The number of hydrogen-bond acceptors (Lipinski definition) is 2. The monoisotopic (exact) mass is 380 g/mol. The van der Waals surface area contributed by atoms with Gasteiger partial charge in [-0.2, -0.15) is 0 Å². The van der Waals surface area contributed by atoms with Crippen LogP contribution in [0.1, 0.15) is 103 Å². The molecular formula is C19H38ClO3P. The number of halogens is 1. The predicted octanol–water partition coefficient (Wildman–Crippen LogP) is 6.89. The van der Waals surface area contributed by atoms with E-state index < -0.39 is 12.6 Å². The lowest BCUT2D eigenvalue weighted by molar-refractivity contribution is -0.111. The third kappa shape index (κ3) is 18.5. The van der Waals surface area contributed by atoms with Crippen molar-refractivity contribution in [2.45, 2.75) is 103 Å². The van der Waals surface area contributed by atoms with Crippen molar-refractivity contribution in [2.75, 3.05) is 12.3 Å². The molecule has 1 N–H and O–H groups in total. The van der Waals surface area contributed by atoms with Gasteiger partial charge in [0, 0.05) is 18.7 Å². The molecular weight excluding hydrogens is 343 g/mol. The van der Waals surface area contributed by atoms with Gasteiger partial charge in [0.05, 0.1) is 0 Å². The number of carbonyl (C=O) groups is 1. The predicted molar refractivity (Wildman–Crippen MR) is 105 cm³/mol. The highest BCUT2D eigenvalue weighted by atomic mass is 35.5. The van der Waals surface area contributed by atoms with Gasteiger partial charge in [0.25, 0.3) is 0 Å². The lowest BCUT2D eigenvalue weighted by atomic mass is 10.0. The Labute approximate surface area is 154 Å². The van der Waals surface area contributed by atoms with Crippen LogP contribution in [0.4, 0.5) is 0 Å².